The lowest BCUT2D eigenvalue weighted by atomic mass is 10.0. The molecule has 152 valence electrons. The van der Waals surface area contributed by atoms with Crippen LogP contribution in [0.15, 0.2) is 18.5 Å². The molecule has 1 unspecified atom stereocenters. The van der Waals surface area contributed by atoms with Crippen LogP contribution in [0.4, 0.5) is 4.39 Å². The lowest BCUT2D eigenvalue weighted by Gasteiger charge is -2.39. The second-order valence-corrected chi connectivity index (χ2v) is 9.26. The summed E-state index contributed by atoms with van der Waals surface area (Å²) in [5.74, 6) is -0.313. The zero-order valence-electron chi connectivity index (χ0n) is 15.9. The van der Waals surface area contributed by atoms with Gasteiger partial charge in [-0.1, -0.05) is 0 Å². The van der Waals surface area contributed by atoms with Gasteiger partial charge in [0.1, 0.15) is 5.82 Å². The highest BCUT2D eigenvalue weighted by molar-refractivity contribution is 7.88. The molecule has 0 saturated carbocycles. The van der Waals surface area contributed by atoms with Crippen molar-refractivity contribution in [3.63, 3.8) is 0 Å². The van der Waals surface area contributed by atoms with Gasteiger partial charge in [-0.25, -0.2) is 12.8 Å². The first-order chi connectivity index (χ1) is 12.9. The van der Waals surface area contributed by atoms with Crippen LogP contribution in [0.25, 0.3) is 0 Å². The van der Waals surface area contributed by atoms with Gasteiger partial charge in [0.05, 0.1) is 25.7 Å². The molecule has 0 bridgehead atoms. The van der Waals surface area contributed by atoms with E-state index in [1.165, 1.54) is 12.5 Å². The van der Waals surface area contributed by atoms with Crippen LogP contribution in [-0.4, -0.2) is 92.3 Å². The molecule has 2 aliphatic rings. The van der Waals surface area contributed by atoms with E-state index in [9.17, 15) is 12.8 Å². The number of hydrogen-bond acceptors (Lipinski definition) is 6. The number of halogens is 1. The Morgan fingerprint density at radius 1 is 1.30 bits per heavy atom. The summed E-state index contributed by atoms with van der Waals surface area (Å²) >= 11 is 0. The van der Waals surface area contributed by atoms with Crippen LogP contribution in [0.5, 0.6) is 0 Å². The molecule has 0 radical (unpaired) electrons. The van der Waals surface area contributed by atoms with Crippen LogP contribution in [-0.2, 0) is 21.3 Å². The fourth-order valence-corrected chi connectivity index (χ4v) is 4.99. The monoisotopic (exact) mass is 400 g/mol. The van der Waals surface area contributed by atoms with E-state index in [1.807, 2.05) is 0 Å². The third-order valence-corrected chi connectivity index (χ3v) is 6.64. The number of nitrogens with zero attached hydrogens (tertiary/aromatic N) is 4. The second kappa shape index (κ2) is 9.38. The fourth-order valence-electron chi connectivity index (χ4n) is 3.87. The Labute approximate surface area is 161 Å². The minimum atomic E-state index is -3.31. The molecule has 3 rings (SSSR count). The predicted molar refractivity (Wildman–Crippen MR) is 101 cm³/mol. The molecule has 7 nitrogen and oxygen atoms in total. The third-order valence-electron chi connectivity index (χ3n) is 5.30. The van der Waals surface area contributed by atoms with Crippen LogP contribution < -0.4 is 0 Å². The molecule has 2 aliphatic heterocycles. The van der Waals surface area contributed by atoms with E-state index in [0.717, 1.165) is 32.5 Å². The van der Waals surface area contributed by atoms with E-state index in [1.54, 1.807) is 16.6 Å². The number of hydrogen-bond donors (Lipinski definition) is 0. The van der Waals surface area contributed by atoms with E-state index < -0.39 is 10.0 Å². The average Bonchev–Trinajstić information content (AvgIpc) is 2.64. The van der Waals surface area contributed by atoms with Gasteiger partial charge in [-0.2, -0.15) is 4.31 Å². The summed E-state index contributed by atoms with van der Waals surface area (Å²) in [6.07, 6.45) is 5.84. The minimum Gasteiger partial charge on any atom is -0.379 e. The van der Waals surface area contributed by atoms with Crippen LogP contribution in [0.2, 0.25) is 0 Å². The maximum Gasteiger partial charge on any atom is 0.211 e. The molecule has 1 atom stereocenters. The topological polar surface area (TPSA) is 66.0 Å². The molecule has 1 aromatic heterocycles. The summed E-state index contributed by atoms with van der Waals surface area (Å²) in [5, 5.41) is 0. The first-order valence-electron chi connectivity index (χ1n) is 9.51. The lowest BCUT2D eigenvalue weighted by Crippen LogP contribution is -2.52. The molecule has 0 spiro atoms. The molecule has 2 fully saturated rings. The lowest BCUT2D eigenvalue weighted by molar-refractivity contribution is 0.0337. The van der Waals surface area contributed by atoms with E-state index in [0.29, 0.717) is 45.0 Å². The molecule has 2 saturated heterocycles. The zero-order valence-corrected chi connectivity index (χ0v) is 16.7. The maximum absolute atomic E-state index is 13.9. The summed E-state index contributed by atoms with van der Waals surface area (Å²) in [4.78, 5) is 8.17. The van der Waals surface area contributed by atoms with E-state index in [-0.39, 0.29) is 11.9 Å². The summed E-state index contributed by atoms with van der Waals surface area (Å²) < 4.78 is 45.7. The number of aromatic nitrogens is 1. The van der Waals surface area contributed by atoms with Crippen molar-refractivity contribution < 1.29 is 17.5 Å². The highest BCUT2D eigenvalue weighted by Gasteiger charge is 2.31. The highest BCUT2D eigenvalue weighted by atomic mass is 32.2. The molecular formula is C18H29FN4O3S. The molecular weight excluding hydrogens is 371 g/mol. The van der Waals surface area contributed by atoms with E-state index in [2.05, 4.69) is 14.8 Å². The van der Waals surface area contributed by atoms with Gasteiger partial charge >= 0.3 is 0 Å². The molecule has 0 aliphatic carbocycles. The quantitative estimate of drug-likeness (QED) is 0.674. The molecule has 27 heavy (non-hydrogen) atoms. The van der Waals surface area contributed by atoms with Crippen molar-refractivity contribution in [1.29, 1.82) is 0 Å². The Bertz CT molecular complexity index is 712. The number of sulfonamides is 1. The largest absolute Gasteiger partial charge is 0.379 e. The van der Waals surface area contributed by atoms with Crippen LogP contribution >= 0.6 is 0 Å². The summed E-state index contributed by atoms with van der Waals surface area (Å²) in [6, 6.07) is 1.62. The normalized spacial score (nSPS) is 23.0. The molecule has 0 amide bonds. The number of pyridine rings is 1. The van der Waals surface area contributed by atoms with Crippen molar-refractivity contribution in [3.05, 3.63) is 29.8 Å². The molecule has 1 aromatic rings. The third kappa shape index (κ3) is 5.92. The van der Waals surface area contributed by atoms with Gasteiger partial charge in [-0.3, -0.25) is 14.8 Å². The van der Waals surface area contributed by atoms with Crippen molar-refractivity contribution in [2.45, 2.75) is 25.4 Å². The van der Waals surface area contributed by atoms with Crippen LogP contribution in [0.1, 0.15) is 18.4 Å². The van der Waals surface area contributed by atoms with Crippen molar-refractivity contribution in [2.75, 3.05) is 58.7 Å². The van der Waals surface area contributed by atoms with Crippen LogP contribution in [0, 0.1) is 5.82 Å². The molecule has 0 N–H and O–H groups in total. The summed E-state index contributed by atoms with van der Waals surface area (Å²) in [7, 11) is -3.31. The number of morpholine rings is 1. The Balaban J connectivity index is 1.62. The first-order valence-corrected chi connectivity index (χ1v) is 11.4. The number of rotatable bonds is 7. The maximum atomic E-state index is 13.9. The van der Waals surface area contributed by atoms with Crippen LogP contribution in [0.3, 0.4) is 0 Å². The molecule has 3 heterocycles. The summed E-state index contributed by atoms with van der Waals surface area (Å²) in [6.45, 7) is 6.24. The second-order valence-electron chi connectivity index (χ2n) is 7.33. The number of piperidine rings is 1. The van der Waals surface area contributed by atoms with Crippen molar-refractivity contribution in [2.24, 2.45) is 0 Å². The highest BCUT2D eigenvalue weighted by Crippen LogP contribution is 2.21. The van der Waals surface area contributed by atoms with Gasteiger partial charge in [0, 0.05) is 57.1 Å². The fraction of sp³-hybridized carbons (Fsp3) is 0.722. The van der Waals surface area contributed by atoms with Gasteiger partial charge in [0.25, 0.3) is 0 Å². The number of likely N-dealkylation sites (tertiary alicyclic amines) is 1. The standard InChI is InChI=1S/C18H29FN4O3S/c1-27(24,25)23(8-7-21-9-11-26-12-10-21)17-3-2-6-22(15-17)14-16-4-5-20-13-18(16)19/h4-5,13,17H,2-3,6-12,14-15H2,1H3. The SMILES string of the molecule is CS(=O)(=O)N(CCN1CCOCC1)C1CCCN(Cc2ccncc2F)C1. The van der Waals surface area contributed by atoms with E-state index in [4.69, 9.17) is 4.74 Å². The van der Waals surface area contributed by atoms with Gasteiger partial charge in [-0.15, -0.1) is 0 Å². The Morgan fingerprint density at radius 2 is 2.07 bits per heavy atom. The van der Waals surface area contributed by atoms with Crippen molar-refractivity contribution >= 4 is 10.0 Å². The predicted octanol–water partition coefficient (Wildman–Crippen LogP) is 0.779. The Kier molecular flexibility index (Phi) is 7.16. The van der Waals surface area contributed by atoms with Crippen molar-refractivity contribution in [3.8, 4) is 0 Å². The Hall–Kier alpha value is -1.13. The van der Waals surface area contributed by atoms with Gasteiger partial charge < -0.3 is 4.74 Å². The smallest absolute Gasteiger partial charge is 0.211 e. The first kappa shape index (κ1) is 20.6. The molecule has 0 aromatic carbocycles. The zero-order chi connectivity index (χ0) is 19.3. The van der Waals surface area contributed by atoms with Gasteiger partial charge in [0.2, 0.25) is 10.0 Å². The molecule has 9 heteroatoms. The van der Waals surface area contributed by atoms with Gasteiger partial charge in [-0.05, 0) is 25.5 Å². The van der Waals surface area contributed by atoms with Crippen molar-refractivity contribution in [1.82, 2.24) is 19.1 Å². The number of ether oxygens (including phenoxy) is 1. The summed E-state index contributed by atoms with van der Waals surface area (Å²) in [5.41, 5.74) is 0.602. The van der Waals surface area contributed by atoms with E-state index >= 15 is 0 Å². The Morgan fingerprint density at radius 3 is 2.78 bits per heavy atom. The van der Waals surface area contributed by atoms with Gasteiger partial charge in [0.15, 0.2) is 0 Å². The minimum absolute atomic E-state index is 0.0697. The average molecular weight is 401 g/mol.